The van der Waals surface area contributed by atoms with Crippen molar-refractivity contribution in [3.8, 4) is 17.3 Å². The van der Waals surface area contributed by atoms with Crippen LogP contribution in [0.15, 0.2) is 126 Å². The molecule has 0 unspecified atom stereocenters. The van der Waals surface area contributed by atoms with Gasteiger partial charge < -0.3 is 19.0 Å². The van der Waals surface area contributed by atoms with Gasteiger partial charge in [0.2, 0.25) is 0 Å². The number of pyridine rings is 1. The minimum absolute atomic E-state index is 0.0115. The van der Waals surface area contributed by atoms with Gasteiger partial charge in [0, 0.05) is 51.1 Å². The largest absolute Gasteiger partial charge is 0.457 e. The zero-order valence-corrected chi connectivity index (χ0v) is 29.4. The van der Waals surface area contributed by atoms with E-state index < -0.39 is 0 Å². The highest BCUT2D eigenvalue weighted by atomic mass is 16.5. The second-order valence-corrected chi connectivity index (χ2v) is 15.4. The summed E-state index contributed by atoms with van der Waals surface area (Å²) in [5.41, 5.74) is 8.59. The molecule has 0 spiro atoms. The maximum Gasteiger partial charge on any atom is 0.137 e. The normalized spacial score (nSPS) is 13.6. The molecule has 0 fully saturated rings. The molecule has 0 amide bonds. The number of para-hydroxylation sites is 3. The number of hydrogen-bond acceptors (Lipinski definition) is 5. The molecule has 0 aliphatic carbocycles. The van der Waals surface area contributed by atoms with Crippen LogP contribution in [-0.4, -0.2) is 21.8 Å². The Labute approximate surface area is 292 Å². The molecule has 0 radical (unpaired) electrons. The molecule has 1 aliphatic heterocycles. The summed E-state index contributed by atoms with van der Waals surface area (Å²) in [4.78, 5) is 9.74. The fourth-order valence-electron chi connectivity index (χ4n) is 7.48. The number of fused-ring (bicyclic) bond motifs is 8. The van der Waals surface area contributed by atoms with Crippen molar-refractivity contribution in [2.45, 2.75) is 52.5 Å². The zero-order chi connectivity index (χ0) is 34.4. The Morgan fingerprint density at radius 1 is 0.640 bits per heavy atom. The maximum atomic E-state index is 6.68. The second-order valence-electron chi connectivity index (χ2n) is 15.4. The Kier molecular flexibility index (Phi) is 6.60. The van der Waals surface area contributed by atoms with E-state index in [0.29, 0.717) is 0 Å². The molecule has 6 nitrogen and oxygen atoms in total. The third-order valence-electron chi connectivity index (χ3n) is 10.0. The van der Waals surface area contributed by atoms with Crippen molar-refractivity contribution in [3.63, 3.8) is 0 Å². The molecule has 8 aromatic rings. The van der Waals surface area contributed by atoms with Gasteiger partial charge in [0.1, 0.15) is 28.5 Å². The van der Waals surface area contributed by atoms with Gasteiger partial charge in [-0.2, -0.15) is 0 Å². The summed E-state index contributed by atoms with van der Waals surface area (Å²) in [5.74, 6) is 2.42. The van der Waals surface area contributed by atoms with Crippen LogP contribution in [0.5, 0.6) is 11.5 Å². The van der Waals surface area contributed by atoms with Crippen molar-refractivity contribution in [2.75, 3.05) is 16.5 Å². The predicted molar refractivity (Wildman–Crippen MR) is 207 cm³/mol. The summed E-state index contributed by atoms with van der Waals surface area (Å²) in [5, 5.41) is 4.49. The molecule has 0 atom stereocenters. The van der Waals surface area contributed by atoms with Gasteiger partial charge in [-0.1, -0.05) is 57.2 Å². The van der Waals surface area contributed by atoms with E-state index in [1.807, 2.05) is 24.4 Å². The van der Waals surface area contributed by atoms with Crippen LogP contribution in [0.4, 0.5) is 17.1 Å². The zero-order valence-electron chi connectivity index (χ0n) is 29.4. The van der Waals surface area contributed by atoms with Crippen molar-refractivity contribution in [1.29, 1.82) is 0 Å². The van der Waals surface area contributed by atoms with E-state index in [-0.39, 0.29) is 11.0 Å². The lowest BCUT2D eigenvalue weighted by Crippen LogP contribution is -2.42. The van der Waals surface area contributed by atoms with E-state index in [1.54, 1.807) is 0 Å². The first-order valence-corrected chi connectivity index (χ1v) is 17.3. The number of furan rings is 1. The lowest BCUT2D eigenvalue weighted by molar-refractivity contribution is 0.483. The summed E-state index contributed by atoms with van der Waals surface area (Å²) < 4.78 is 15.3. The van der Waals surface area contributed by atoms with Crippen molar-refractivity contribution in [3.05, 3.63) is 127 Å². The molecule has 0 saturated carbocycles. The topological polar surface area (TPSA) is 46.7 Å². The smallest absolute Gasteiger partial charge is 0.137 e. The first-order valence-electron chi connectivity index (χ1n) is 17.3. The van der Waals surface area contributed by atoms with E-state index in [4.69, 9.17) is 14.1 Å². The van der Waals surface area contributed by atoms with Crippen LogP contribution in [0, 0.1) is 0 Å². The fourth-order valence-corrected chi connectivity index (χ4v) is 7.48. The molecule has 1 aliphatic rings. The first kappa shape index (κ1) is 30.3. The molecule has 6 heteroatoms. The highest BCUT2D eigenvalue weighted by Crippen LogP contribution is 2.45. The van der Waals surface area contributed by atoms with Gasteiger partial charge in [-0.3, -0.25) is 4.57 Å². The van der Waals surface area contributed by atoms with E-state index in [1.165, 1.54) is 16.9 Å². The third kappa shape index (κ3) is 4.81. The molecule has 0 N–H and O–H groups in total. The Hall–Kier alpha value is -5.75. The third-order valence-corrected chi connectivity index (χ3v) is 10.0. The first-order chi connectivity index (χ1) is 24.0. The minimum Gasteiger partial charge on any atom is -0.457 e. The van der Waals surface area contributed by atoms with Gasteiger partial charge in [0.15, 0.2) is 0 Å². The second kappa shape index (κ2) is 10.9. The number of nitrogens with zero attached hydrogens (tertiary/aromatic N) is 4. The SMILES string of the molecule is CC(C)(C)c1ccnc(-n2c3cc(Oc4cccc(N5CN(C(C)(C)C)c6ccccc65)c4)ccc3c3c4c(ccc32)oc2ccccc24)c1. The Morgan fingerprint density at radius 2 is 1.42 bits per heavy atom. The highest BCUT2D eigenvalue weighted by molar-refractivity contribution is 6.27. The van der Waals surface area contributed by atoms with Crippen LogP contribution < -0.4 is 14.5 Å². The molecule has 5 aromatic carbocycles. The van der Waals surface area contributed by atoms with Gasteiger partial charge in [-0.25, -0.2) is 4.98 Å². The van der Waals surface area contributed by atoms with Crippen molar-refractivity contribution in [2.24, 2.45) is 0 Å². The van der Waals surface area contributed by atoms with Gasteiger partial charge in [0.25, 0.3) is 0 Å². The summed E-state index contributed by atoms with van der Waals surface area (Å²) in [7, 11) is 0. The Balaban J connectivity index is 1.19. The van der Waals surface area contributed by atoms with Gasteiger partial charge >= 0.3 is 0 Å². The van der Waals surface area contributed by atoms with Crippen LogP contribution in [0.2, 0.25) is 0 Å². The fraction of sp³-hybridized carbons (Fsp3) is 0.205. The Morgan fingerprint density at radius 3 is 2.24 bits per heavy atom. The molecular weight excluding hydrogens is 617 g/mol. The van der Waals surface area contributed by atoms with Crippen LogP contribution >= 0.6 is 0 Å². The molecule has 3 aromatic heterocycles. The van der Waals surface area contributed by atoms with E-state index in [9.17, 15) is 0 Å². The van der Waals surface area contributed by atoms with Crippen LogP contribution in [0.25, 0.3) is 49.6 Å². The van der Waals surface area contributed by atoms with E-state index in [2.05, 4.69) is 153 Å². The molecule has 0 bridgehead atoms. The van der Waals surface area contributed by atoms with E-state index >= 15 is 0 Å². The van der Waals surface area contributed by atoms with Gasteiger partial charge in [0.05, 0.1) is 29.1 Å². The number of benzene rings is 5. The van der Waals surface area contributed by atoms with Crippen LogP contribution in [-0.2, 0) is 5.41 Å². The van der Waals surface area contributed by atoms with E-state index in [0.717, 1.165) is 73.4 Å². The molecular formula is C44H40N4O2. The number of rotatable bonds is 4. The Bertz CT molecular complexity index is 2600. The summed E-state index contributed by atoms with van der Waals surface area (Å²) in [6.07, 6.45) is 1.92. The number of aromatic nitrogens is 2. The average molecular weight is 657 g/mol. The quantitative estimate of drug-likeness (QED) is 0.189. The monoisotopic (exact) mass is 656 g/mol. The molecule has 248 valence electrons. The van der Waals surface area contributed by atoms with Crippen LogP contribution in [0.3, 0.4) is 0 Å². The van der Waals surface area contributed by atoms with Crippen LogP contribution in [0.1, 0.15) is 47.1 Å². The standard InChI is InChI=1S/C44H40N4O2/c1-43(2,3)28-22-23-45-40(24-28)48-36-20-21-39-42(33-14-7-10-17-38(33)50-39)41(36)32-19-18-31(26-37(32)48)49-30-13-11-12-29(25-30)46-27-47(44(4,5)6)35-16-9-8-15-34(35)46/h7-26H,27H2,1-6H3. The molecule has 9 rings (SSSR count). The molecule has 50 heavy (non-hydrogen) atoms. The number of anilines is 3. The number of ether oxygens (including phenoxy) is 1. The van der Waals surface area contributed by atoms with Crippen molar-refractivity contribution in [1.82, 2.24) is 9.55 Å². The summed E-state index contributed by atoms with van der Waals surface area (Å²) in [6, 6.07) is 40.3. The van der Waals surface area contributed by atoms with Crippen molar-refractivity contribution >= 4 is 60.8 Å². The maximum absolute atomic E-state index is 6.68. The minimum atomic E-state index is -0.0243. The summed E-state index contributed by atoms with van der Waals surface area (Å²) in [6.45, 7) is 14.3. The predicted octanol–water partition coefficient (Wildman–Crippen LogP) is 11.9. The average Bonchev–Trinajstić information content (AvgIpc) is 3.77. The highest BCUT2D eigenvalue weighted by Gasteiger charge is 2.33. The number of hydrogen-bond donors (Lipinski definition) is 0. The van der Waals surface area contributed by atoms with Gasteiger partial charge in [-0.05, 0) is 98.5 Å². The van der Waals surface area contributed by atoms with Crippen molar-refractivity contribution < 1.29 is 9.15 Å². The molecule has 4 heterocycles. The lowest BCUT2D eigenvalue weighted by Gasteiger charge is -2.34. The molecule has 0 saturated heterocycles. The lowest BCUT2D eigenvalue weighted by atomic mass is 9.88. The summed E-state index contributed by atoms with van der Waals surface area (Å²) >= 11 is 0. The van der Waals surface area contributed by atoms with Gasteiger partial charge in [-0.15, -0.1) is 0 Å².